The highest BCUT2D eigenvalue weighted by atomic mass is 19.4. The molecule has 0 saturated carbocycles. The number of carbonyl (C=O) groups excluding carboxylic acids is 1. The van der Waals surface area contributed by atoms with Crippen LogP contribution in [0.5, 0.6) is 0 Å². The quantitative estimate of drug-likeness (QED) is 0.851. The van der Waals surface area contributed by atoms with Crippen LogP contribution in [0.3, 0.4) is 0 Å². The normalized spacial score (nSPS) is 11.4. The first-order valence-corrected chi connectivity index (χ1v) is 6.39. The molecule has 0 aliphatic carbocycles. The van der Waals surface area contributed by atoms with E-state index in [9.17, 15) is 18.0 Å². The average Bonchev–Trinajstić information content (AvgIpc) is 2.46. The molecule has 0 amide bonds. The van der Waals surface area contributed by atoms with Crippen LogP contribution in [0, 0.1) is 0 Å². The number of aromatic nitrogens is 2. The van der Waals surface area contributed by atoms with Gasteiger partial charge in [0.05, 0.1) is 12.1 Å². The van der Waals surface area contributed by atoms with Crippen LogP contribution in [0.25, 0.3) is 0 Å². The van der Waals surface area contributed by atoms with E-state index in [1.54, 1.807) is 0 Å². The maximum absolute atomic E-state index is 12.2. The van der Waals surface area contributed by atoms with Gasteiger partial charge >= 0.3 is 6.18 Å². The summed E-state index contributed by atoms with van der Waals surface area (Å²) in [5.41, 5.74) is 1.83. The molecule has 110 valence electrons. The second kappa shape index (κ2) is 6.47. The Labute approximate surface area is 119 Å². The molecule has 0 aliphatic heterocycles. The molecule has 1 heterocycles. The molecule has 0 saturated heterocycles. The van der Waals surface area contributed by atoms with Gasteiger partial charge in [0.2, 0.25) is 5.78 Å². The second-order valence-corrected chi connectivity index (χ2v) is 4.58. The maximum Gasteiger partial charge on any atom is 0.450 e. The van der Waals surface area contributed by atoms with Crippen LogP contribution in [0.4, 0.5) is 13.2 Å². The summed E-state index contributed by atoms with van der Waals surface area (Å²) in [5, 5.41) is 0. The lowest BCUT2D eigenvalue weighted by atomic mass is 10.1. The number of ketones is 1. The molecule has 0 N–H and O–H groups in total. The summed E-state index contributed by atoms with van der Waals surface area (Å²) in [4.78, 5) is 18.7. The highest BCUT2D eigenvalue weighted by Gasteiger charge is 2.38. The monoisotopic (exact) mass is 294 g/mol. The fraction of sp³-hybridized carbons (Fsp3) is 0.267. The molecule has 6 heteroatoms. The zero-order chi connectivity index (χ0) is 15.3. The van der Waals surface area contributed by atoms with Gasteiger partial charge in [-0.05, 0) is 24.5 Å². The van der Waals surface area contributed by atoms with Crippen LogP contribution < -0.4 is 0 Å². The number of carbonyl (C=O) groups is 1. The zero-order valence-corrected chi connectivity index (χ0v) is 11.1. The van der Waals surface area contributed by atoms with E-state index in [-0.39, 0.29) is 5.69 Å². The molecule has 0 atom stereocenters. The van der Waals surface area contributed by atoms with Crippen molar-refractivity contribution in [3.05, 3.63) is 59.7 Å². The third-order valence-electron chi connectivity index (χ3n) is 2.95. The predicted octanol–water partition coefficient (Wildman–Crippen LogP) is 2.94. The maximum atomic E-state index is 12.2. The van der Waals surface area contributed by atoms with Crippen LogP contribution in [0.2, 0.25) is 0 Å². The van der Waals surface area contributed by atoms with Gasteiger partial charge in [-0.15, -0.1) is 0 Å². The molecule has 21 heavy (non-hydrogen) atoms. The van der Waals surface area contributed by atoms with Crippen LogP contribution in [-0.4, -0.2) is 21.9 Å². The number of hydrogen-bond acceptors (Lipinski definition) is 3. The summed E-state index contributed by atoms with van der Waals surface area (Å²) in [6, 6.07) is 11.1. The SMILES string of the molecule is O=C(Cc1cc(CCc2ccccc2)ncn1)C(F)(F)F. The van der Waals surface area contributed by atoms with Crippen LogP contribution in [0.1, 0.15) is 17.0 Å². The van der Waals surface area contributed by atoms with E-state index >= 15 is 0 Å². The molecule has 1 aromatic carbocycles. The van der Waals surface area contributed by atoms with Crippen molar-refractivity contribution in [1.29, 1.82) is 0 Å². The lowest BCUT2D eigenvalue weighted by molar-refractivity contribution is -0.170. The molecule has 2 rings (SSSR count). The molecule has 0 unspecified atom stereocenters. The second-order valence-electron chi connectivity index (χ2n) is 4.58. The molecule has 0 bridgehead atoms. The lowest BCUT2D eigenvalue weighted by Gasteiger charge is -2.06. The Balaban J connectivity index is 1.99. The van der Waals surface area contributed by atoms with Crippen molar-refractivity contribution < 1.29 is 18.0 Å². The van der Waals surface area contributed by atoms with Gasteiger partial charge in [-0.25, -0.2) is 9.97 Å². The predicted molar refractivity (Wildman–Crippen MR) is 70.6 cm³/mol. The number of benzene rings is 1. The van der Waals surface area contributed by atoms with Gasteiger partial charge in [0, 0.05) is 5.69 Å². The first-order chi connectivity index (χ1) is 9.95. The zero-order valence-electron chi connectivity index (χ0n) is 11.1. The lowest BCUT2D eigenvalue weighted by Crippen LogP contribution is -2.25. The van der Waals surface area contributed by atoms with E-state index < -0.39 is 18.4 Å². The van der Waals surface area contributed by atoms with Crippen molar-refractivity contribution in [2.75, 3.05) is 0 Å². The first-order valence-electron chi connectivity index (χ1n) is 6.39. The summed E-state index contributed by atoms with van der Waals surface area (Å²) in [7, 11) is 0. The van der Waals surface area contributed by atoms with Crippen LogP contribution >= 0.6 is 0 Å². The standard InChI is InChI=1S/C15H13F3N2O/c16-15(17,18)14(21)9-13-8-12(19-10-20-13)7-6-11-4-2-1-3-5-11/h1-5,8,10H,6-7,9H2. The summed E-state index contributed by atoms with van der Waals surface area (Å²) in [5.74, 6) is -1.80. The van der Waals surface area contributed by atoms with Gasteiger partial charge in [-0.2, -0.15) is 13.2 Å². The number of Topliss-reactive ketones (excluding diaryl/α,β-unsaturated/α-hetero) is 1. The van der Waals surface area contributed by atoms with Crippen molar-refractivity contribution in [2.45, 2.75) is 25.4 Å². The van der Waals surface area contributed by atoms with Gasteiger partial charge in [-0.3, -0.25) is 4.79 Å². The van der Waals surface area contributed by atoms with Crippen molar-refractivity contribution >= 4 is 5.78 Å². The number of rotatable bonds is 5. The molecule has 3 nitrogen and oxygen atoms in total. The first kappa shape index (κ1) is 15.2. The number of aryl methyl sites for hydroxylation is 2. The Morgan fingerprint density at radius 1 is 1.00 bits per heavy atom. The van der Waals surface area contributed by atoms with Gasteiger partial charge < -0.3 is 0 Å². The van der Waals surface area contributed by atoms with Crippen LogP contribution in [-0.2, 0) is 24.1 Å². The molecule has 1 aromatic heterocycles. The minimum absolute atomic E-state index is 0.0930. The largest absolute Gasteiger partial charge is 0.450 e. The molecule has 2 aromatic rings. The van der Waals surface area contributed by atoms with E-state index in [0.717, 1.165) is 12.0 Å². The Hall–Kier alpha value is -2.24. The molecule has 0 spiro atoms. The Kier molecular flexibility index (Phi) is 4.67. The third-order valence-corrected chi connectivity index (χ3v) is 2.95. The fourth-order valence-corrected chi connectivity index (χ4v) is 1.86. The average molecular weight is 294 g/mol. The Morgan fingerprint density at radius 2 is 1.67 bits per heavy atom. The minimum Gasteiger partial charge on any atom is -0.289 e. The van der Waals surface area contributed by atoms with E-state index in [2.05, 4.69) is 9.97 Å². The summed E-state index contributed by atoms with van der Waals surface area (Å²) < 4.78 is 36.6. The van der Waals surface area contributed by atoms with Crippen molar-refractivity contribution in [3.63, 3.8) is 0 Å². The molecular formula is C15H13F3N2O. The van der Waals surface area contributed by atoms with Gasteiger partial charge in [-0.1, -0.05) is 30.3 Å². The number of hydrogen-bond donors (Lipinski definition) is 0. The topological polar surface area (TPSA) is 42.9 Å². The van der Waals surface area contributed by atoms with E-state index in [1.807, 2.05) is 30.3 Å². The van der Waals surface area contributed by atoms with E-state index in [1.165, 1.54) is 12.4 Å². The van der Waals surface area contributed by atoms with E-state index in [4.69, 9.17) is 0 Å². The summed E-state index contributed by atoms with van der Waals surface area (Å²) in [6.45, 7) is 0. The number of nitrogens with zero attached hydrogens (tertiary/aromatic N) is 2. The Bertz CT molecular complexity index is 612. The Morgan fingerprint density at radius 3 is 2.33 bits per heavy atom. The van der Waals surface area contributed by atoms with Gasteiger partial charge in [0.25, 0.3) is 0 Å². The summed E-state index contributed by atoms with van der Waals surface area (Å²) >= 11 is 0. The smallest absolute Gasteiger partial charge is 0.289 e. The van der Waals surface area contributed by atoms with Crippen molar-refractivity contribution in [3.8, 4) is 0 Å². The fourth-order valence-electron chi connectivity index (χ4n) is 1.86. The molecule has 0 fully saturated rings. The molecular weight excluding hydrogens is 281 g/mol. The molecule has 0 radical (unpaired) electrons. The number of halogens is 3. The van der Waals surface area contributed by atoms with Gasteiger partial charge in [0.15, 0.2) is 0 Å². The molecule has 0 aliphatic rings. The van der Waals surface area contributed by atoms with Crippen LogP contribution in [0.15, 0.2) is 42.7 Å². The third kappa shape index (κ3) is 4.66. The highest BCUT2D eigenvalue weighted by molar-refractivity contribution is 5.85. The highest BCUT2D eigenvalue weighted by Crippen LogP contribution is 2.18. The van der Waals surface area contributed by atoms with Crippen molar-refractivity contribution in [1.82, 2.24) is 9.97 Å². The van der Waals surface area contributed by atoms with Crippen molar-refractivity contribution in [2.24, 2.45) is 0 Å². The minimum atomic E-state index is -4.82. The van der Waals surface area contributed by atoms with Gasteiger partial charge in [0.1, 0.15) is 6.33 Å². The number of alkyl halides is 3. The summed E-state index contributed by atoms with van der Waals surface area (Å²) in [6.07, 6.45) is -3.07. The van der Waals surface area contributed by atoms with E-state index in [0.29, 0.717) is 12.1 Å².